The van der Waals surface area contributed by atoms with E-state index in [1.165, 1.54) is 5.56 Å². The van der Waals surface area contributed by atoms with Crippen LogP contribution in [-0.2, 0) is 16.3 Å². The molecule has 1 N–H and O–H groups in total. The lowest BCUT2D eigenvalue weighted by Crippen LogP contribution is -2.33. The Morgan fingerprint density at radius 1 is 1.39 bits per heavy atom. The van der Waals surface area contributed by atoms with Gasteiger partial charge in [-0.05, 0) is 11.6 Å². The highest BCUT2D eigenvalue weighted by atomic mass is 32.2. The maximum atomic E-state index is 11.3. The Hall–Kier alpha value is -1.07. The molecule has 0 bridgehead atoms. The Labute approximate surface area is 108 Å². The Kier molecular flexibility index (Phi) is 4.24. The van der Waals surface area contributed by atoms with Crippen LogP contribution in [0, 0.1) is 0 Å². The summed E-state index contributed by atoms with van der Waals surface area (Å²) >= 11 is 0. The first-order chi connectivity index (χ1) is 8.61. The van der Waals surface area contributed by atoms with Gasteiger partial charge in [0.2, 0.25) is 0 Å². The number of hydrogen-bond donors (Lipinski definition) is 1. The molecule has 4 nitrogen and oxygen atoms in total. The quantitative estimate of drug-likeness (QED) is 0.783. The summed E-state index contributed by atoms with van der Waals surface area (Å²) in [5, 5.41) is 3.15. The first-order valence-electron chi connectivity index (χ1n) is 6.26. The third kappa shape index (κ3) is 3.46. The fourth-order valence-electron chi connectivity index (χ4n) is 2.00. The minimum absolute atomic E-state index is 0.117. The summed E-state index contributed by atoms with van der Waals surface area (Å²) in [5.74, 6) is 1.36. The number of ether oxygens (including phenoxy) is 1. The molecule has 100 valence electrons. The summed E-state index contributed by atoms with van der Waals surface area (Å²) in [5.41, 5.74) is 1.23. The van der Waals surface area contributed by atoms with Crippen molar-refractivity contribution in [2.45, 2.75) is 19.4 Å². The maximum absolute atomic E-state index is 11.3. The second-order valence-corrected chi connectivity index (χ2v) is 6.96. The zero-order valence-electron chi connectivity index (χ0n) is 10.6. The molecule has 0 aliphatic carbocycles. The van der Waals surface area contributed by atoms with Gasteiger partial charge in [0.25, 0.3) is 0 Å². The Morgan fingerprint density at radius 2 is 2.17 bits per heavy atom. The summed E-state index contributed by atoms with van der Waals surface area (Å²) in [6.07, 6.45) is 1.01. The van der Waals surface area contributed by atoms with Crippen LogP contribution >= 0.6 is 0 Å². The molecule has 1 aliphatic rings. The van der Waals surface area contributed by atoms with Crippen molar-refractivity contribution in [3.63, 3.8) is 0 Å². The first-order valence-corrected chi connectivity index (χ1v) is 8.08. The van der Waals surface area contributed by atoms with Gasteiger partial charge in [-0.3, -0.25) is 0 Å². The van der Waals surface area contributed by atoms with Gasteiger partial charge in [-0.25, -0.2) is 8.42 Å². The number of hydrogen-bond acceptors (Lipinski definition) is 4. The SMILES string of the molecule is CCS(=O)(=O)CCNCC1Cc2ccccc2O1. The number of sulfone groups is 1. The maximum Gasteiger partial charge on any atom is 0.151 e. The van der Waals surface area contributed by atoms with E-state index in [2.05, 4.69) is 11.4 Å². The average molecular weight is 269 g/mol. The summed E-state index contributed by atoms with van der Waals surface area (Å²) < 4.78 is 28.4. The topological polar surface area (TPSA) is 55.4 Å². The molecule has 0 radical (unpaired) electrons. The Bertz CT molecular complexity index is 474. The molecule has 1 atom stereocenters. The van der Waals surface area contributed by atoms with Crippen molar-refractivity contribution in [1.29, 1.82) is 0 Å². The van der Waals surface area contributed by atoms with Gasteiger partial charge in [0.15, 0.2) is 9.84 Å². The lowest BCUT2D eigenvalue weighted by molar-refractivity contribution is 0.229. The molecule has 1 unspecified atom stereocenters. The number of fused-ring (bicyclic) bond motifs is 1. The van der Waals surface area contributed by atoms with Crippen molar-refractivity contribution in [2.24, 2.45) is 0 Å². The summed E-state index contributed by atoms with van der Waals surface area (Å²) in [7, 11) is -2.87. The summed E-state index contributed by atoms with van der Waals surface area (Å²) in [6.45, 7) is 2.85. The number of rotatable bonds is 6. The van der Waals surface area contributed by atoms with Gasteiger partial charge in [0.1, 0.15) is 11.9 Å². The van der Waals surface area contributed by atoms with Crippen LogP contribution in [0.5, 0.6) is 5.75 Å². The van der Waals surface area contributed by atoms with Crippen molar-refractivity contribution in [2.75, 3.05) is 24.6 Å². The van der Waals surface area contributed by atoms with Crippen LogP contribution in [0.15, 0.2) is 24.3 Å². The van der Waals surface area contributed by atoms with Crippen molar-refractivity contribution in [1.82, 2.24) is 5.32 Å². The van der Waals surface area contributed by atoms with E-state index in [4.69, 9.17) is 4.74 Å². The van der Waals surface area contributed by atoms with E-state index in [1.807, 2.05) is 18.2 Å². The summed E-state index contributed by atoms with van der Waals surface area (Å²) in [6, 6.07) is 8.00. The number of nitrogens with one attached hydrogen (secondary N) is 1. The molecule has 0 amide bonds. The zero-order valence-corrected chi connectivity index (χ0v) is 11.4. The smallest absolute Gasteiger partial charge is 0.151 e. The lowest BCUT2D eigenvalue weighted by atomic mass is 10.1. The first kappa shape index (κ1) is 13.4. The fraction of sp³-hybridized carbons (Fsp3) is 0.538. The Morgan fingerprint density at radius 3 is 2.89 bits per heavy atom. The van der Waals surface area contributed by atoms with Crippen molar-refractivity contribution in [3.8, 4) is 5.75 Å². The molecule has 1 heterocycles. The predicted molar refractivity (Wildman–Crippen MR) is 71.8 cm³/mol. The van der Waals surface area contributed by atoms with E-state index in [-0.39, 0.29) is 17.6 Å². The van der Waals surface area contributed by atoms with E-state index in [9.17, 15) is 8.42 Å². The van der Waals surface area contributed by atoms with E-state index >= 15 is 0 Å². The van der Waals surface area contributed by atoms with Crippen LogP contribution in [0.1, 0.15) is 12.5 Å². The minimum Gasteiger partial charge on any atom is -0.488 e. The van der Waals surface area contributed by atoms with Crippen LogP contribution in [0.2, 0.25) is 0 Å². The van der Waals surface area contributed by atoms with Crippen LogP contribution in [0.3, 0.4) is 0 Å². The number of para-hydroxylation sites is 1. The largest absolute Gasteiger partial charge is 0.488 e. The van der Waals surface area contributed by atoms with E-state index in [0.717, 1.165) is 12.2 Å². The highest BCUT2D eigenvalue weighted by Crippen LogP contribution is 2.27. The minimum atomic E-state index is -2.87. The highest BCUT2D eigenvalue weighted by Gasteiger charge is 2.21. The molecule has 1 aromatic rings. The molecule has 1 aromatic carbocycles. The third-order valence-corrected chi connectivity index (χ3v) is 4.82. The molecule has 18 heavy (non-hydrogen) atoms. The molecule has 0 spiro atoms. The molecule has 0 fully saturated rings. The van der Waals surface area contributed by atoms with Crippen LogP contribution in [-0.4, -0.2) is 39.1 Å². The molecule has 0 aromatic heterocycles. The van der Waals surface area contributed by atoms with Gasteiger partial charge in [-0.2, -0.15) is 0 Å². The van der Waals surface area contributed by atoms with Gasteiger partial charge < -0.3 is 10.1 Å². The molecule has 0 saturated carbocycles. The highest BCUT2D eigenvalue weighted by molar-refractivity contribution is 7.91. The van der Waals surface area contributed by atoms with Gasteiger partial charge in [0.05, 0.1) is 5.75 Å². The Balaban J connectivity index is 1.71. The van der Waals surface area contributed by atoms with Gasteiger partial charge in [-0.1, -0.05) is 25.1 Å². The molecular weight excluding hydrogens is 250 g/mol. The van der Waals surface area contributed by atoms with E-state index < -0.39 is 9.84 Å². The van der Waals surface area contributed by atoms with Gasteiger partial charge in [-0.15, -0.1) is 0 Å². The molecule has 1 aliphatic heterocycles. The van der Waals surface area contributed by atoms with E-state index in [0.29, 0.717) is 13.1 Å². The van der Waals surface area contributed by atoms with E-state index in [1.54, 1.807) is 6.92 Å². The van der Waals surface area contributed by atoms with Gasteiger partial charge >= 0.3 is 0 Å². The van der Waals surface area contributed by atoms with Crippen LogP contribution in [0.4, 0.5) is 0 Å². The second kappa shape index (κ2) is 5.71. The average Bonchev–Trinajstić information content (AvgIpc) is 2.77. The van der Waals surface area contributed by atoms with Crippen LogP contribution < -0.4 is 10.1 Å². The van der Waals surface area contributed by atoms with Crippen molar-refractivity contribution >= 4 is 9.84 Å². The normalized spacial score (nSPS) is 18.4. The lowest BCUT2D eigenvalue weighted by Gasteiger charge is -2.11. The fourth-order valence-corrected chi connectivity index (χ4v) is 2.75. The van der Waals surface area contributed by atoms with Crippen LogP contribution in [0.25, 0.3) is 0 Å². The predicted octanol–water partition coefficient (Wildman–Crippen LogP) is 1.01. The summed E-state index contributed by atoms with van der Waals surface area (Å²) in [4.78, 5) is 0. The zero-order chi connectivity index (χ0) is 13.0. The van der Waals surface area contributed by atoms with Crippen molar-refractivity contribution in [3.05, 3.63) is 29.8 Å². The molecule has 5 heteroatoms. The monoisotopic (exact) mass is 269 g/mol. The molecular formula is C13H19NO3S. The van der Waals surface area contributed by atoms with Gasteiger partial charge in [0, 0.05) is 25.3 Å². The van der Waals surface area contributed by atoms with Crippen molar-refractivity contribution < 1.29 is 13.2 Å². The molecule has 2 rings (SSSR count). The standard InChI is InChI=1S/C13H19NO3S/c1-2-18(15,16)8-7-14-10-12-9-11-5-3-4-6-13(11)17-12/h3-6,12,14H,2,7-10H2,1H3. The molecule has 0 saturated heterocycles. The second-order valence-electron chi connectivity index (χ2n) is 4.49. The number of benzene rings is 1. The third-order valence-electron chi connectivity index (χ3n) is 3.12.